The zero-order valence-electron chi connectivity index (χ0n) is 21.4. The highest BCUT2D eigenvalue weighted by molar-refractivity contribution is 6.06. The van der Waals surface area contributed by atoms with Crippen LogP contribution < -0.4 is 0 Å². The lowest BCUT2D eigenvalue weighted by molar-refractivity contribution is 0.00976. The van der Waals surface area contributed by atoms with Crippen molar-refractivity contribution in [3.8, 4) is 6.07 Å². The summed E-state index contributed by atoms with van der Waals surface area (Å²) in [5.41, 5.74) is 3.37. The molecule has 1 saturated carbocycles. The predicted octanol–water partition coefficient (Wildman–Crippen LogP) is 5.11. The number of nitrogens with zero attached hydrogens (tertiary/aromatic N) is 4. The van der Waals surface area contributed by atoms with Gasteiger partial charge in [-0.25, -0.2) is 0 Å². The van der Waals surface area contributed by atoms with Crippen LogP contribution in [0.5, 0.6) is 0 Å². The first-order valence-electron chi connectivity index (χ1n) is 13.6. The standard InChI is InChI=1S/C31H34N4O2/c1-21-29-24-9-3-2-8-23(24)22(18-25(29)30(37)35(21)26-10-4-5-11-27(26)36)19-34-16-13-31(20-32,14-17-34)28-12-6-7-15-33-28/h2-3,6-9,12,15,18,21,26-27,36H,4-5,10-11,13-14,16-17,19H2,1H3/t21-,26?,27-/m0/s1. The number of hydrogen-bond donors (Lipinski definition) is 1. The minimum Gasteiger partial charge on any atom is -0.391 e. The average molecular weight is 495 g/mol. The lowest BCUT2D eigenvalue weighted by atomic mass is 9.76. The maximum atomic E-state index is 13.8. The van der Waals surface area contributed by atoms with Gasteiger partial charge in [0.2, 0.25) is 0 Å². The Kier molecular flexibility index (Phi) is 6.22. The van der Waals surface area contributed by atoms with Crippen LogP contribution in [-0.4, -0.2) is 51.0 Å². The van der Waals surface area contributed by atoms with E-state index in [0.717, 1.165) is 85.9 Å². The molecule has 0 bridgehead atoms. The first-order chi connectivity index (χ1) is 18.0. The topological polar surface area (TPSA) is 80.5 Å². The molecule has 1 N–H and O–H groups in total. The molecule has 1 amide bonds. The van der Waals surface area contributed by atoms with E-state index in [4.69, 9.17) is 0 Å². The number of hydrogen-bond acceptors (Lipinski definition) is 5. The van der Waals surface area contributed by atoms with Gasteiger partial charge in [0.15, 0.2) is 0 Å². The van der Waals surface area contributed by atoms with E-state index in [1.807, 2.05) is 23.1 Å². The third-order valence-corrected chi connectivity index (χ3v) is 9.00. The monoisotopic (exact) mass is 494 g/mol. The van der Waals surface area contributed by atoms with Crippen molar-refractivity contribution in [2.24, 2.45) is 0 Å². The molecule has 6 rings (SSSR count). The molecule has 3 atom stereocenters. The van der Waals surface area contributed by atoms with E-state index in [9.17, 15) is 15.2 Å². The number of aliphatic hydroxyl groups is 1. The van der Waals surface area contributed by atoms with Crippen LogP contribution in [-0.2, 0) is 12.0 Å². The van der Waals surface area contributed by atoms with Crippen LogP contribution in [0.3, 0.4) is 0 Å². The number of carbonyl (C=O) groups is 1. The number of aliphatic hydroxyl groups excluding tert-OH is 1. The Labute approximate surface area is 218 Å². The number of amides is 1. The van der Waals surface area contributed by atoms with Gasteiger partial charge in [-0.1, -0.05) is 43.2 Å². The van der Waals surface area contributed by atoms with E-state index < -0.39 is 11.5 Å². The molecule has 6 heteroatoms. The fraction of sp³-hybridized carbons (Fsp3) is 0.452. The molecule has 3 aromatic rings. The summed E-state index contributed by atoms with van der Waals surface area (Å²) in [6.07, 6.45) is 6.51. The minimum atomic E-state index is -0.537. The molecule has 3 heterocycles. The summed E-state index contributed by atoms with van der Waals surface area (Å²) < 4.78 is 0. The first-order valence-corrected chi connectivity index (χ1v) is 13.6. The van der Waals surface area contributed by atoms with Crippen molar-refractivity contribution in [1.29, 1.82) is 5.26 Å². The molecule has 2 aliphatic heterocycles. The van der Waals surface area contributed by atoms with Crippen molar-refractivity contribution >= 4 is 16.7 Å². The molecule has 0 spiro atoms. The Bertz CT molecular complexity index is 1360. The van der Waals surface area contributed by atoms with Gasteiger partial charge in [0, 0.05) is 31.4 Å². The first kappa shape index (κ1) is 24.1. The lowest BCUT2D eigenvalue weighted by Crippen LogP contribution is -2.46. The number of rotatable bonds is 4. The quantitative estimate of drug-likeness (QED) is 0.545. The van der Waals surface area contributed by atoms with Crippen LogP contribution in [0.4, 0.5) is 0 Å². The van der Waals surface area contributed by atoms with Crippen LogP contribution in [0.25, 0.3) is 10.8 Å². The van der Waals surface area contributed by atoms with Crippen LogP contribution in [0.15, 0.2) is 54.7 Å². The van der Waals surface area contributed by atoms with Gasteiger partial charge < -0.3 is 10.0 Å². The largest absolute Gasteiger partial charge is 0.391 e. The molecule has 1 unspecified atom stereocenters. The summed E-state index contributed by atoms with van der Waals surface area (Å²) >= 11 is 0. The molecule has 2 fully saturated rings. The fourth-order valence-corrected chi connectivity index (χ4v) is 6.94. The number of nitriles is 1. The van der Waals surface area contributed by atoms with Gasteiger partial charge in [-0.3, -0.25) is 14.7 Å². The molecule has 190 valence electrons. The average Bonchev–Trinajstić information content (AvgIpc) is 3.19. The van der Waals surface area contributed by atoms with Crippen molar-refractivity contribution in [1.82, 2.24) is 14.8 Å². The zero-order valence-corrected chi connectivity index (χ0v) is 21.4. The van der Waals surface area contributed by atoms with E-state index in [1.54, 1.807) is 6.20 Å². The van der Waals surface area contributed by atoms with E-state index in [1.165, 1.54) is 5.39 Å². The molecular weight excluding hydrogens is 460 g/mol. The number of fused-ring (bicyclic) bond motifs is 3. The predicted molar refractivity (Wildman–Crippen MR) is 143 cm³/mol. The number of likely N-dealkylation sites (tertiary alicyclic amines) is 1. The minimum absolute atomic E-state index is 0.0520. The van der Waals surface area contributed by atoms with Crippen LogP contribution in [0.2, 0.25) is 0 Å². The van der Waals surface area contributed by atoms with Gasteiger partial charge in [0.1, 0.15) is 5.41 Å². The van der Waals surface area contributed by atoms with Crippen LogP contribution >= 0.6 is 0 Å². The third-order valence-electron chi connectivity index (χ3n) is 9.00. The molecular formula is C31H34N4O2. The highest BCUT2D eigenvalue weighted by Gasteiger charge is 2.43. The Hall–Kier alpha value is -3.27. The second kappa shape index (κ2) is 9.55. The molecule has 1 aliphatic carbocycles. The number of aromatic nitrogens is 1. The zero-order chi connectivity index (χ0) is 25.6. The second-order valence-electron chi connectivity index (χ2n) is 11.0. The normalized spacial score (nSPS) is 25.7. The molecule has 1 saturated heterocycles. The van der Waals surface area contributed by atoms with Gasteiger partial charge in [-0.2, -0.15) is 5.26 Å². The number of piperidine rings is 1. The number of pyridine rings is 1. The van der Waals surface area contributed by atoms with Gasteiger partial charge in [0.25, 0.3) is 5.91 Å². The molecule has 2 aromatic carbocycles. The molecule has 0 radical (unpaired) electrons. The molecule has 37 heavy (non-hydrogen) atoms. The SMILES string of the molecule is C[C@H]1c2c(cc(CN3CCC(C#N)(c4ccccn4)CC3)c3ccccc23)C(=O)N1C1CCCC[C@@H]1O. The van der Waals surface area contributed by atoms with Crippen LogP contribution in [0.1, 0.15) is 78.7 Å². The smallest absolute Gasteiger partial charge is 0.255 e. The Morgan fingerprint density at radius 1 is 1.08 bits per heavy atom. The summed E-state index contributed by atoms with van der Waals surface area (Å²) in [7, 11) is 0. The van der Waals surface area contributed by atoms with E-state index in [2.05, 4.69) is 53.2 Å². The lowest BCUT2D eigenvalue weighted by Gasteiger charge is -2.38. The van der Waals surface area contributed by atoms with Gasteiger partial charge in [0.05, 0.1) is 30.0 Å². The summed E-state index contributed by atoms with van der Waals surface area (Å²) in [5.74, 6) is 0.0535. The third kappa shape index (κ3) is 4.02. The van der Waals surface area contributed by atoms with Gasteiger partial charge >= 0.3 is 0 Å². The highest BCUT2D eigenvalue weighted by atomic mass is 16.3. The maximum Gasteiger partial charge on any atom is 0.255 e. The van der Waals surface area contributed by atoms with Gasteiger partial charge in [-0.15, -0.1) is 0 Å². The molecule has 3 aliphatic rings. The van der Waals surface area contributed by atoms with Crippen molar-refractivity contribution in [2.75, 3.05) is 13.1 Å². The van der Waals surface area contributed by atoms with Crippen molar-refractivity contribution in [2.45, 2.75) is 75.6 Å². The van der Waals surface area contributed by atoms with Crippen LogP contribution in [0, 0.1) is 11.3 Å². The number of carbonyl (C=O) groups excluding carboxylic acids is 1. The molecule has 1 aromatic heterocycles. The summed E-state index contributed by atoms with van der Waals surface area (Å²) in [4.78, 5) is 22.6. The summed E-state index contributed by atoms with van der Waals surface area (Å²) in [5, 5.41) is 23.1. The van der Waals surface area contributed by atoms with E-state index >= 15 is 0 Å². The second-order valence-corrected chi connectivity index (χ2v) is 11.0. The maximum absolute atomic E-state index is 13.8. The molecule has 6 nitrogen and oxygen atoms in total. The Morgan fingerprint density at radius 3 is 2.51 bits per heavy atom. The van der Waals surface area contributed by atoms with Crippen molar-refractivity contribution < 1.29 is 9.90 Å². The Morgan fingerprint density at radius 2 is 1.81 bits per heavy atom. The number of benzene rings is 2. The van der Waals surface area contributed by atoms with Gasteiger partial charge in [-0.05, 0) is 72.7 Å². The van der Waals surface area contributed by atoms with E-state index in [-0.39, 0.29) is 18.0 Å². The van der Waals surface area contributed by atoms with Crippen molar-refractivity contribution in [3.05, 3.63) is 77.1 Å². The summed E-state index contributed by atoms with van der Waals surface area (Å²) in [6, 6.07) is 18.8. The van der Waals surface area contributed by atoms with E-state index in [0.29, 0.717) is 0 Å². The summed E-state index contributed by atoms with van der Waals surface area (Å²) in [6.45, 7) is 4.46. The van der Waals surface area contributed by atoms with Crippen molar-refractivity contribution in [3.63, 3.8) is 0 Å². The fourth-order valence-electron chi connectivity index (χ4n) is 6.94. The Balaban J connectivity index is 1.29. The highest BCUT2D eigenvalue weighted by Crippen LogP contribution is 2.43.